The summed E-state index contributed by atoms with van der Waals surface area (Å²) in [5.74, 6) is 0. The molecule has 0 aliphatic rings. The highest BCUT2D eigenvalue weighted by molar-refractivity contribution is 5.59. The summed E-state index contributed by atoms with van der Waals surface area (Å²) < 4.78 is 0. The van der Waals surface area contributed by atoms with Crippen LogP contribution in [-0.2, 0) is 6.54 Å². The highest BCUT2D eigenvalue weighted by atomic mass is 14.8. The van der Waals surface area contributed by atoms with Crippen LogP contribution in [0.2, 0.25) is 0 Å². The van der Waals surface area contributed by atoms with Crippen LogP contribution in [-0.4, -0.2) is 32.0 Å². The van der Waals surface area contributed by atoms with Crippen LogP contribution in [0.3, 0.4) is 0 Å². The lowest BCUT2D eigenvalue weighted by Crippen LogP contribution is -2.05. The van der Waals surface area contributed by atoms with Crippen LogP contribution in [0.4, 0.5) is 0 Å². The maximum Gasteiger partial charge on any atom is 0.0887 e. The minimum Gasteiger partial charge on any atom is -0.316 e. The van der Waals surface area contributed by atoms with Gasteiger partial charge in [-0.2, -0.15) is 0 Å². The highest BCUT2D eigenvalue weighted by Crippen LogP contribution is 2.17. The number of aryl methyl sites for hydroxylation is 3. The van der Waals surface area contributed by atoms with Gasteiger partial charge in [-0.1, -0.05) is 36.4 Å². The predicted molar refractivity (Wildman–Crippen MR) is 137 cm³/mol. The molecule has 0 atom stereocenters. The molecule has 0 unspecified atom stereocenters. The van der Waals surface area contributed by atoms with E-state index in [-0.39, 0.29) is 0 Å². The van der Waals surface area contributed by atoms with Gasteiger partial charge in [-0.3, -0.25) is 24.9 Å². The second-order valence-electron chi connectivity index (χ2n) is 7.77. The quantitative estimate of drug-likeness (QED) is 0.445. The molecule has 0 aliphatic carbocycles. The van der Waals surface area contributed by atoms with Gasteiger partial charge in [0.15, 0.2) is 0 Å². The van der Waals surface area contributed by atoms with Crippen LogP contribution in [0.25, 0.3) is 22.5 Å². The number of benzene rings is 1. The number of nitrogens with one attached hydrogen (secondary N) is 1. The molecule has 172 valence electrons. The second kappa shape index (κ2) is 12.9. The fraction of sp³-hybridized carbons (Fsp3) is 0.179. The molecule has 6 heteroatoms. The van der Waals surface area contributed by atoms with Crippen LogP contribution < -0.4 is 5.32 Å². The number of rotatable bonds is 4. The fourth-order valence-electron chi connectivity index (χ4n) is 3.11. The molecule has 3 aromatic heterocycles. The first-order valence-electron chi connectivity index (χ1n) is 11.1. The molecule has 6 nitrogen and oxygen atoms in total. The largest absolute Gasteiger partial charge is 0.316 e. The minimum absolute atomic E-state index is 0.850. The van der Waals surface area contributed by atoms with Crippen LogP contribution >= 0.6 is 0 Å². The van der Waals surface area contributed by atoms with E-state index < -0.39 is 0 Å². The molecule has 0 saturated heterocycles. The van der Waals surface area contributed by atoms with Gasteiger partial charge in [0.05, 0.1) is 23.3 Å². The van der Waals surface area contributed by atoms with Gasteiger partial charge in [-0.05, 0) is 57.6 Å². The maximum absolute atomic E-state index is 4.55. The normalized spacial score (nSPS) is 10.0. The lowest BCUT2D eigenvalue weighted by molar-refractivity contribution is 0.813. The Balaban J connectivity index is 0.000000192. The number of pyridine rings is 2. The summed E-state index contributed by atoms with van der Waals surface area (Å²) in [7, 11) is 1.93. The van der Waals surface area contributed by atoms with Crippen molar-refractivity contribution in [3.63, 3.8) is 0 Å². The Bertz CT molecular complexity index is 1240. The van der Waals surface area contributed by atoms with Crippen molar-refractivity contribution in [3.8, 4) is 22.5 Å². The summed E-state index contributed by atoms with van der Waals surface area (Å²) in [5, 5.41) is 3.10. The van der Waals surface area contributed by atoms with E-state index in [0.29, 0.717) is 0 Å². The van der Waals surface area contributed by atoms with E-state index >= 15 is 0 Å². The Labute approximate surface area is 201 Å². The monoisotopic (exact) mass is 450 g/mol. The minimum atomic E-state index is 0.850. The van der Waals surface area contributed by atoms with E-state index in [1.165, 1.54) is 5.56 Å². The number of aromatic nitrogens is 5. The molecule has 0 radical (unpaired) electrons. The SMILES string of the molecule is CNCc1ccc(-c2ccnc(C)c2)nc1.Cc1cnccc(C)nc(-c2ccccc2)cn1. The fourth-order valence-corrected chi connectivity index (χ4v) is 3.11. The van der Waals surface area contributed by atoms with Crippen LogP contribution in [0, 0.1) is 20.8 Å². The van der Waals surface area contributed by atoms with E-state index in [2.05, 4.69) is 36.3 Å². The first-order valence-corrected chi connectivity index (χ1v) is 11.1. The van der Waals surface area contributed by atoms with Gasteiger partial charge in [0.1, 0.15) is 0 Å². The molecular weight excluding hydrogens is 420 g/mol. The molecular formula is C28H30N6. The zero-order valence-electron chi connectivity index (χ0n) is 20.1. The summed E-state index contributed by atoms with van der Waals surface area (Å²) in [5.41, 5.74) is 7.97. The summed E-state index contributed by atoms with van der Waals surface area (Å²) in [4.78, 5) is 21.6. The first kappa shape index (κ1) is 24.6. The third-order valence-electron chi connectivity index (χ3n) is 4.82. The Morgan fingerprint density at radius 2 is 1.47 bits per heavy atom. The van der Waals surface area contributed by atoms with Crippen molar-refractivity contribution >= 4 is 0 Å². The molecule has 34 heavy (non-hydrogen) atoms. The van der Waals surface area contributed by atoms with Crippen LogP contribution in [0.5, 0.6) is 0 Å². The topological polar surface area (TPSA) is 76.5 Å². The molecule has 1 aromatic carbocycles. The summed E-state index contributed by atoms with van der Waals surface area (Å²) >= 11 is 0. The Morgan fingerprint density at radius 3 is 2.18 bits per heavy atom. The van der Waals surface area contributed by atoms with Gasteiger partial charge in [-0.15, -0.1) is 0 Å². The van der Waals surface area contributed by atoms with E-state index in [1.54, 1.807) is 18.6 Å². The Morgan fingerprint density at radius 1 is 0.647 bits per heavy atom. The van der Waals surface area contributed by atoms with Crippen molar-refractivity contribution in [2.45, 2.75) is 27.3 Å². The Hall–Kier alpha value is -4.03. The highest BCUT2D eigenvalue weighted by Gasteiger charge is 2.00. The molecule has 3 heterocycles. The smallest absolute Gasteiger partial charge is 0.0887 e. The summed E-state index contributed by atoms with van der Waals surface area (Å²) in [6.07, 6.45) is 8.95. The van der Waals surface area contributed by atoms with Gasteiger partial charge >= 0.3 is 0 Å². The van der Waals surface area contributed by atoms with E-state index in [9.17, 15) is 0 Å². The third-order valence-corrected chi connectivity index (χ3v) is 4.82. The number of nitrogens with zero attached hydrogens (tertiary/aromatic N) is 5. The van der Waals surface area contributed by atoms with Gasteiger partial charge < -0.3 is 5.32 Å². The standard InChI is InChI=1S/C15H15N3.C13H15N3/c1-12-8-9-16-10-13(2)17-11-15(18-12)14-6-4-3-5-7-14;1-10-7-12(5-6-15-10)13-4-3-11(8-14-2)9-16-13/h3-11H,1-2H3;3-7,9,14H,8H2,1-2H3. The lowest BCUT2D eigenvalue weighted by atomic mass is 10.1. The van der Waals surface area contributed by atoms with E-state index in [4.69, 9.17) is 0 Å². The zero-order chi connectivity index (χ0) is 24.2. The summed E-state index contributed by atoms with van der Waals surface area (Å²) in [6.45, 7) is 6.69. The van der Waals surface area contributed by atoms with Gasteiger partial charge in [0.2, 0.25) is 0 Å². The molecule has 0 bridgehead atoms. The third kappa shape index (κ3) is 7.83. The van der Waals surface area contributed by atoms with Crippen molar-refractivity contribution in [3.05, 3.63) is 114 Å². The van der Waals surface area contributed by atoms with Crippen molar-refractivity contribution in [1.82, 2.24) is 30.2 Å². The van der Waals surface area contributed by atoms with E-state index in [1.807, 2.05) is 94.8 Å². The molecule has 1 N–H and O–H groups in total. The molecule has 4 aromatic rings. The summed E-state index contributed by atoms with van der Waals surface area (Å²) in [6, 6.07) is 20.1. The maximum atomic E-state index is 4.55. The zero-order valence-corrected chi connectivity index (χ0v) is 20.1. The van der Waals surface area contributed by atoms with Crippen molar-refractivity contribution < 1.29 is 0 Å². The number of hydrogen-bond donors (Lipinski definition) is 1. The van der Waals surface area contributed by atoms with Crippen LogP contribution in [0.15, 0.2) is 91.6 Å². The predicted octanol–water partition coefficient (Wildman–Crippen LogP) is 5.45. The average molecular weight is 451 g/mol. The van der Waals surface area contributed by atoms with Crippen molar-refractivity contribution in [2.75, 3.05) is 7.05 Å². The molecule has 4 rings (SSSR count). The van der Waals surface area contributed by atoms with Gasteiger partial charge in [-0.25, -0.2) is 0 Å². The molecule has 0 fully saturated rings. The van der Waals surface area contributed by atoms with Crippen molar-refractivity contribution in [2.24, 2.45) is 0 Å². The second-order valence-corrected chi connectivity index (χ2v) is 7.77. The molecule has 0 saturated carbocycles. The van der Waals surface area contributed by atoms with Crippen LogP contribution in [0.1, 0.15) is 22.6 Å². The van der Waals surface area contributed by atoms with E-state index in [0.717, 1.165) is 46.1 Å². The Kier molecular flexibility index (Phi) is 9.31. The lowest BCUT2D eigenvalue weighted by Gasteiger charge is -2.03. The van der Waals surface area contributed by atoms with Crippen molar-refractivity contribution in [1.29, 1.82) is 0 Å². The molecule has 0 aliphatic heterocycles. The first-order chi connectivity index (χ1) is 16.5. The average Bonchev–Trinajstić information content (AvgIpc) is 2.86. The molecule has 0 amide bonds. The van der Waals surface area contributed by atoms with Gasteiger partial charge in [0, 0.05) is 53.8 Å². The number of hydrogen-bond acceptors (Lipinski definition) is 6. The van der Waals surface area contributed by atoms with Gasteiger partial charge in [0.25, 0.3) is 0 Å². The molecule has 0 spiro atoms.